The Morgan fingerprint density at radius 2 is 1.68 bits per heavy atom. The van der Waals surface area contributed by atoms with E-state index in [-0.39, 0.29) is 18.5 Å². The lowest BCUT2D eigenvalue weighted by molar-refractivity contribution is -0.139. The van der Waals surface area contributed by atoms with E-state index >= 15 is 0 Å². The molecule has 0 bridgehead atoms. The van der Waals surface area contributed by atoms with Gasteiger partial charge >= 0.3 is 0 Å². The predicted molar refractivity (Wildman–Crippen MR) is 134 cm³/mol. The van der Waals surface area contributed by atoms with Crippen molar-refractivity contribution in [3.05, 3.63) is 59.7 Å². The summed E-state index contributed by atoms with van der Waals surface area (Å²) in [5.74, 6) is -0.192. The van der Waals surface area contributed by atoms with Crippen LogP contribution in [0.15, 0.2) is 48.5 Å². The van der Waals surface area contributed by atoms with Gasteiger partial charge in [-0.2, -0.15) is 0 Å². The predicted octanol–water partition coefficient (Wildman–Crippen LogP) is 3.10. The fraction of sp³-hybridized carbons (Fsp3) is 0.440. The van der Waals surface area contributed by atoms with Crippen LogP contribution in [0.1, 0.15) is 38.3 Å². The van der Waals surface area contributed by atoms with E-state index in [1.807, 2.05) is 45.0 Å². The SMILES string of the molecule is CC[C@@H](C)NC(=O)[C@@H](C)N(Cc1ccccc1C)C(=O)CN(c1ccc(OC)cc1)S(C)(=O)=O. The summed E-state index contributed by atoms with van der Waals surface area (Å²) in [7, 11) is -2.26. The number of anilines is 1. The molecule has 2 aromatic carbocycles. The van der Waals surface area contributed by atoms with Gasteiger partial charge in [-0.05, 0) is 62.6 Å². The summed E-state index contributed by atoms with van der Waals surface area (Å²) in [6, 6.07) is 13.2. The molecular weight excluding hydrogens is 454 g/mol. The van der Waals surface area contributed by atoms with Crippen LogP contribution in [-0.4, -0.2) is 57.1 Å². The minimum Gasteiger partial charge on any atom is -0.497 e. The van der Waals surface area contributed by atoms with Crippen LogP contribution in [0.4, 0.5) is 5.69 Å². The molecule has 2 rings (SSSR count). The van der Waals surface area contributed by atoms with E-state index in [4.69, 9.17) is 4.74 Å². The Kier molecular flexibility index (Phi) is 9.49. The topological polar surface area (TPSA) is 96.0 Å². The summed E-state index contributed by atoms with van der Waals surface area (Å²) < 4.78 is 31.4. The van der Waals surface area contributed by atoms with Crippen LogP contribution in [-0.2, 0) is 26.2 Å². The summed E-state index contributed by atoms with van der Waals surface area (Å²) in [6.07, 6.45) is 1.80. The molecule has 186 valence electrons. The molecule has 0 aromatic heterocycles. The largest absolute Gasteiger partial charge is 0.497 e. The molecule has 0 aliphatic heterocycles. The Morgan fingerprint density at radius 3 is 2.21 bits per heavy atom. The molecule has 0 saturated carbocycles. The summed E-state index contributed by atoms with van der Waals surface area (Å²) in [6.45, 7) is 7.20. The van der Waals surface area contributed by atoms with Gasteiger partial charge in [0.25, 0.3) is 0 Å². The van der Waals surface area contributed by atoms with Crippen LogP contribution < -0.4 is 14.4 Å². The average Bonchev–Trinajstić information content (AvgIpc) is 2.80. The standard InChI is InChI=1S/C25H35N3O5S/c1-7-19(3)26-25(30)20(4)27(16-21-11-9-8-10-18(21)2)24(29)17-28(34(6,31)32)22-12-14-23(33-5)15-13-22/h8-15,19-20H,7,16-17H2,1-6H3,(H,26,30)/t19-,20-/m1/s1. The number of amides is 2. The van der Waals surface area contributed by atoms with Gasteiger partial charge in [-0.1, -0.05) is 31.2 Å². The number of hydrogen-bond donors (Lipinski definition) is 1. The number of hydrogen-bond acceptors (Lipinski definition) is 5. The van der Waals surface area contributed by atoms with Gasteiger partial charge in [0, 0.05) is 12.6 Å². The molecular formula is C25H35N3O5S. The molecule has 8 nitrogen and oxygen atoms in total. The molecule has 0 spiro atoms. The van der Waals surface area contributed by atoms with Crippen molar-refractivity contribution in [2.45, 2.75) is 52.7 Å². The van der Waals surface area contributed by atoms with E-state index in [9.17, 15) is 18.0 Å². The summed E-state index contributed by atoms with van der Waals surface area (Å²) >= 11 is 0. The first-order valence-electron chi connectivity index (χ1n) is 11.2. The van der Waals surface area contributed by atoms with E-state index in [1.54, 1.807) is 31.2 Å². The van der Waals surface area contributed by atoms with Crippen molar-refractivity contribution in [2.75, 3.05) is 24.2 Å². The highest BCUT2D eigenvalue weighted by atomic mass is 32.2. The molecule has 2 atom stereocenters. The summed E-state index contributed by atoms with van der Waals surface area (Å²) in [5, 5.41) is 2.91. The quantitative estimate of drug-likeness (QED) is 0.523. The number of aryl methyl sites for hydroxylation is 1. The normalized spacial score (nSPS) is 13.0. The van der Waals surface area contributed by atoms with Crippen molar-refractivity contribution in [3.63, 3.8) is 0 Å². The Bertz CT molecular complexity index is 1090. The van der Waals surface area contributed by atoms with Gasteiger partial charge in [0.05, 0.1) is 19.1 Å². The third kappa shape index (κ3) is 7.21. The Hall–Kier alpha value is -3.07. The summed E-state index contributed by atoms with van der Waals surface area (Å²) in [5.41, 5.74) is 2.20. The molecule has 0 unspecified atom stereocenters. The molecule has 0 aliphatic rings. The fourth-order valence-electron chi connectivity index (χ4n) is 3.38. The number of carbonyl (C=O) groups is 2. The van der Waals surface area contributed by atoms with Crippen LogP contribution >= 0.6 is 0 Å². The van der Waals surface area contributed by atoms with E-state index in [0.29, 0.717) is 11.4 Å². The van der Waals surface area contributed by atoms with E-state index in [2.05, 4.69) is 5.32 Å². The maximum Gasteiger partial charge on any atom is 0.244 e. The average molecular weight is 490 g/mol. The number of carbonyl (C=O) groups excluding carboxylic acids is 2. The second-order valence-electron chi connectivity index (χ2n) is 8.41. The second kappa shape index (κ2) is 11.9. The molecule has 2 amide bonds. The highest BCUT2D eigenvalue weighted by Gasteiger charge is 2.30. The third-order valence-corrected chi connectivity index (χ3v) is 6.95. The minimum atomic E-state index is -3.77. The molecule has 0 radical (unpaired) electrons. The molecule has 0 heterocycles. The minimum absolute atomic E-state index is 0.0443. The number of benzene rings is 2. The Labute approximate surface area is 202 Å². The fourth-order valence-corrected chi connectivity index (χ4v) is 4.23. The molecule has 2 aromatic rings. The zero-order valence-electron chi connectivity index (χ0n) is 20.7. The summed E-state index contributed by atoms with van der Waals surface area (Å²) in [4.78, 5) is 27.9. The van der Waals surface area contributed by atoms with E-state index in [0.717, 1.165) is 28.1 Å². The lowest BCUT2D eigenvalue weighted by atomic mass is 10.1. The lowest BCUT2D eigenvalue weighted by Gasteiger charge is -2.32. The highest BCUT2D eigenvalue weighted by Crippen LogP contribution is 2.22. The molecule has 34 heavy (non-hydrogen) atoms. The van der Waals surface area contributed by atoms with Crippen molar-refractivity contribution >= 4 is 27.5 Å². The van der Waals surface area contributed by atoms with Crippen molar-refractivity contribution in [1.29, 1.82) is 0 Å². The van der Waals surface area contributed by atoms with Crippen LogP contribution in [0.2, 0.25) is 0 Å². The first-order valence-corrected chi connectivity index (χ1v) is 13.1. The van der Waals surface area contributed by atoms with Crippen molar-refractivity contribution in [2.24, 2.45) is 0 Å². The molecule has 0 aliphatic carbocycles. The number of nitrogens with zero attached hydrogens (tertiary/aromatic N) is 2. The zero-order chi connectivity index (χ0) is 25.5. The monoisotopic (exact) mass is 489 g/mol. The Morgan fingerprint density at radius 1 is 1.06 bits per heavy atom. The van der Waals surface area contributed by atoms with Gasteiger partial charge in [-0.3, -0.25) is 13.9 Å². The van der Waals surface area contributed by atoms with Crippen LogP contribution in [0.3, 0.4) is 0 Å². The lowest BCUT2D eigenvalue weighted by Crippen LogP contribution is -2.52. The van der Waals surface area contributed by atoms with Gasteiger partial charge in [0.2, 0.25) is 21.8 Å². The van der Waals surface area contributed by atoms with Crippen LogP contribution in [0.25, 0.3) is 0 Å². The number of rotatable bonds is 11. The molecule has 0 saturated heterocycles. The van der Waals surface area contributed by atoms with E-state index < -0.39 is 28.5 Å². The van der Waals surface area contributed by atoms with Crippen molar-refractivity contribution in [3.8, 4) is 5.75 Å². The number of ether oxygens (including phenoxy) is 1. The van der Waals surface area contributed by atoms with Gasteiger partial charge in [-0.15, -0.1) is 0 Å². The van der Waals surface area contributed by atoms with Gasteiger partial charge < -0.3 is 15.0 Å². The van der Waals surface area contributed by atoms with Crippen LogP contribution in [0, 0.1) is 6.92 Å². The maximum absolute atomic E-state index is 13.5. The number of methoxy groups -OCH3 is 1. The van der Waals surface area contributed by atoms with Gasteiger partial charge in [0.15, 0.2) is 0 Å². The molecule has 1 N–H and O–H groups in total. The zero-order valence-corrected chi connectivity index (χ0v) is 21.6. The smallest absolute Gasteiger partial charge is 0.244 e. The number of nitrogens with one attached hydrogen (secondary N) is 1. The Balaban J connectivity index is 2.39. The molecule has 0 fully saturated rings. The second-order valence-corrected chi connectivity index (χ2v) is 10.3. The maximum atomic E-state index is 13.5. The van der Waals surface area contributed by atoms with E-state index in [1.165, 1.54) is 12.0 Å². The van der Waals surface area contributed by atoms with Gasteiger partial charge in [-0.25, -0.2) is 8.42 Å². The third-order valence-electron chi connectivity index (χ3n) is 5.81. The van der Waals surface area contributed by atoms with Crippen molar-refractivity contribution in [1.82, 2.24) is 10.2 Å². The van der Waals surface area contributed by atoms with Crippen molar-refractivity contribution < 1.29 is 22.7 Å². The molecule has 9 heteroatoms. The van der Waals surface area contributed by atoms with Crippen LogP contribution in [0.5, 0.6) is 5.75 Å². The first kappa shape index (κ1) is 27.2. The number of sulfonamides is 1. The van der Waals surface area contributed by atoms with Gasteiger partial charge in [0.1, 0.15) is 18.3 Å². The highest BCUT2D eigenvalue weighted by molar-refractivity contribution is 7.92. The first-order chi connectivity index (χ1) is 16.0.